The normalized spacial score (nSPS) is 14.2. The highest BCUT2D eigenvalue weighted by Gasteiger charge is 2.21. The molecule has 0 saturated heterocycles. The molecule has 0 radical (unpaired) electrons. The molecule has 0 amide bonds. The third kappa shape index (κ3) is 10.2. The molecule has 1 saturated carbocycles. The number of nitrogens with zero attached hydrogens (tertiary/aromatic N) is 2. The number of nitrogens with one attached hydrogen (secondary N) is 1. The summed E-state index contributed by atoms with van der Waals surface area (Å²) in [6.45, 7) is 5.38. The van der Waals surface area contributed by atoms with Gasteiger partial charge in [0.1, 0.15) is 0 Å². The Morgan fingerprint density at radius 2 is 2.14 bits per heavy atom. The van der Waals surface area contributed by atoms with E-state index in [0.29, 0.717) is 19.6 Å². The van der Waals surface area contributed by atoms with Crippen LogP contribution in [0.4, 0.5) is 0 Å². The number of carbonyl (C=O) groups is 1. The quantitative estimate of drug-likeness (QED) is 0.190. The number of rotatable bonds is 10. The predicted octanol–water partition coefficient (Wildman–Crippen LogP) is 1.88. The number of hydrogen-bond donors (Lipinski definition) is 1. The minimum absolute atomic E-state index is 0. The van der Waals surface area contributed by atoms with E-state index in [1.165, 1.54) is 12.8 Å². The fraction of sp³-hybridized carbons (Fsp3) is 0.867. The zero-order chi connectivity index (χ0) is 15.5. The Morgan fingerprint density at radius 1 is 1.41 bits per heavy atom. The SMILES string of the molecule is CCOC(=O)CCCNC(=NC)N(C)CCOCC1CC1.I. The fourth-order valence-electron chi connectivity index (χ4n) is 1.89. The number of halogens is 1. The van der Waals surface area contributed by atoms with Crippen molar-refractivity contribution < 1.29 is 14.3 Å². The van der Waals surface area contributed by atoms with Crippen LogP contribution in [0.25, 0.3) is 0 Å². The van der Waals surface area contributed by atoms with E-state index in [9.17, 15) is 4.79 Å². The van der Waals surface area contributed by atoms with Gasteiger partial charge in [-0.25, -0.2) is 0 Å². The van der Waals surface area contributed by atoms with Crippen molar-refractivity contribution in [1.82, 2.24) is 10.2 Å². The van der Waals surface area contributed by atoms with Crippen LogP contribution < -0.4 is 5.32 Å². The van der Waals surface area contributed by atoms with Crippen LogP contribution >= 0.6 is 24.0 Å². The Labute approximate surface area is 151 Å². The van der Waals surface area contributed by atoms with Gasteiger partial charge in [0.25, 0.3) is 0 Å². The van der Waals surface area contributed by atoms with Crippen molar-refractivity contribution in [3.8, 4) is 0 Å². The highest BCUT2D eigenvalue weighted by molar-refractivity contribution is 14.0. The Hall–Kier alpha value is -0.570. The molecule has 1 aliphatic carbocycles. The highest BCUT2D eigenvalue weighted by Crippen LogP contribution is 2.28. The topological polar surface area (TPSA) is 63.2 Å². The van der Waals surface area contributed by atoms with Crippen molar-refractivity contribution in [2.75, 3.05) is 47.0 Å². The maximum Gasteiger partial charge on any atom is 0.305 e. The van der Waals surface area contributed by atoms with E-state index in [4.69, 9.17) is 9.47 Å². The number of aliphatic imine (C=N–C) groups is 1. The molecule has 0 aromatic heterocycles. The summed E-state index contributed by atoms with van der Waals surface area (Å²) in [4.78, 5) is 17.5. The monoisotopic (exact) mass is 427 g/mol. The van der Waals surface area contributed by atoms with E-state index in [-0.39, 0.29) is 29.9 Å². The van der Waals surface area contributed by atoms with Gasteiger partial charge in [-0.05, 0) is 32.1 Å². The summed E-state index contributed by atoms with van der Waals surface area (Å²) in [5, 5.41) is 3.24. The molecule has 1 aliphatic rings. The Kier molecular flexibility index (Phi) is 12.6. The smallest absolute Gasteiger partial charge is 0.305 e. The van der Waals surface area contributed by atoms with Crippen molar-refractivity contribution >= 4 is 35.9 Å². The maximum absolute atomic E-state index is 11.2. The number of guanidine groups is 1. The molecule has 1 rings (SSSR count). The minimum atomic E-state index is -0.142. The third-order valence-electron chi connectivity index (χ3n) is 3.34. The lowest BCUT2D eigenvalue weighted by Crippen LogP contribution is -2.41. The predicted molar refractivity (Wildman–Crippen MR) is 98.8 cm³/mol. The van der Waals surface area contributed by atoms with E-state index in [1.807, 2.05) is 18.9 Å². The summed E-state index contributed by atoms with van der Waals surface area (Å²) in [7, 11) is 3.75. The van der Waals surface area contributed by atoms with Crippen molar-refractivity contribution in [2.24, 2.45) is 10.9 Å². The summed E-state index contributed by atoms with van der Waals surface area (Å²) >= 11 is 0. The van der Waals surface area contributed by atoms with Crippen molar-refractivity contribution in [1.29, 1.82) is 0 Å². The van der Waals surface area contributed by atoms with E-state index in [1.54, 1.807) is 7.05 Å². The molecule has 0 unspecified atom stereocenters. The summed E-state index contributed by atoms with van der Waals surface area (Å²) in [6, 6.07) is 0. The van der Waals surface area contributed by atoms with E-state index in [0.717, 1.165) is 38.1 Å². The van der Waals surface area contributed by atoms with Crippen molar-refractivity contribution in [2.45, 2.75) is 32.6 Å². The average molecular weight is 427 g/mol. The Morgan fingerprint density at radius 3 is 2.73 bits per heavy atom. The average Bonchev–Trinajstić information content (AvgIpc) is 3.28. The van der Waals surface area contributed by atoms with E-state index < -0.39 is 0 Å². The first-order valence-corrected chi connectivity index (χ1v) is 7.82. The molecule has 1 fully saturated rings. The fourth-order valence-corrected chi connectivity index (χ4v) is 1.89. The molecule has 0 aromatic rings. The largest absolute Gasteiger partial charge is 0.466 e. The van der Waals surface area contributed by atoms with E-state index >= 15 is 0 Å². The first-order valence-electron chi connectivity index (χ1n) is 7.82. The van der Waals surface area contributed by atoms with Crippen LogP contribution in [0.2, 0.25) is 0 Å². The van der Waals surface area contributed by atoms with Gasteiger partial charge in [-0.1, -0.05) is 0 Å². The van der Waals surface area contributed by atoms with Gasteiger partial charge >= 0.3 is 5.97 Å². The second-order valence-corrected chi connectivity index (χ2v) is 5.32. The number of carbonyl (C=O) groups excluding carboxylic acids is 1. The molecule has 0 aliphatic heterocycles. The maximum atomic E-state index is 11.2. The van der Waals surface area contributed by atoms with Crippen LogP contribution in [0.5, 0.6) is 0 Å². The number of ether oxygens (including phenoxy) is 2. The van der Waals surface area contributed by atoms with Gasteiger partial charge in [0, 0.05) is 40.2 Å². The lowest BCUT2D eigenvalue weighted by molar-refractivity contribution is -0.143. The standard InChI is InChI=1S/C15H29N3O3.HI/c1-4-21-14(19)6-5-9-17-15(16-2)18(3)10-11-20-12-13-7-8-13;/h13H,4-12H2,1-3H3,(H,16,17);1H. The molecular formula is C15H30IN3O3. The lowest BCUT2D eigenvalue weighted by atomic mass is 10.3. The molecule has 6 nitrogen and oxygen atoms in total. The lowest BCUT2D eigenvalue weighted by Gasteiger charge is -2.22. The van der Waals surface area contributed by atoms with Gasteiger partial charge in [0.2, 0.25) is 0 Å². The second kappa shape index (κ2) is 12.9. The number of likely N-dealkylation sites (N-methyl/N-ethyl adjacent to an activating group) is 1. The Bertz CT molecular complexity index is 336. The molecular weight excluding hydrogens is 397 g/mol. The zero-order valence-electron chi connectivity index (χ0n) is 14.0. The van der Waals surface area contributed by atoms with Crippen LogP contribution in [-0.4, -0.2) is 63.8 Å². The highest BCUT2D eigenvalue weighted by atomic mass is 127. The second-order valence-electron chi connectivity index (χ2n) is 5.32. The molecule has 22 heavy (non-hydrogen) atoms. The molecule has 0 atom stereocenters. The van der Waals surface area contributed by atoms with Gasteiger partial charge in [-0.15, -0.1) is 24.0 Å². The van der Waals surface area contributed by atoms with Crippen LogP contribution in [-0.2, 0) is 14.3 Å². The van der Waals surface area contributed by atoms with Crippen LogP contribution in [0.3, 0.4) is 0 Å². The van der Waals surface area contributed by atoms with E-state index in [2.05, 4.69) is 10.3 Å². The first-order chi connectivity index (χ1) is 10.2. The van der Waals surface area contributed by atoms with Crippen LogP contribution in [0, 0.1) is 5.92 Å². The molecule has 0 spiro atoms. The minimum Gasteiger partial charge on any atom is -0.466 e. The summed E-state index contributed by atoms with van der Waals surface area (Å²) in [5.74, 6) is 1.49. The summed E-state index contributed by atoms with van der Waals surface area (Å²) in [6.07, 6.45) is 3.81. The summed E-state index contributed by atoms with van der Waals surface area (Å²) < 4.78 is 10.5. The van der Waals surface area contributed by atoms with Gasteiger partial charge in [-0.2, -0.15) is 0 Å². The Balaban J connectivity index is 0.00000441. The van der Waals surface area contributed by atoms with Gasteiger partial charge in [0.05, 0.1) is 13.2 Å². The molecule has 0 heterocycles. The third-order valence-corrected chi connectivity index (χ3v) is 3.34. The molecule has 0 aromatic carbocycles. The molecule has 130 valence electrons. The number of hydrogen-bond acceptors (Lipinski definition) is 4. The summed E-state index contributed by atoms with van der Waals surface area (Å²) in [5.41, 5.74) is 0. The van der Waals surface area contributed by atoms with Crippen molar-refractivity contribution in [3.63, 3.8) is 0 Å². The molecule has 7 heteroatoms. The van der Waals surface area contributed by atoms with Gasteiger partial charge < -0.3 is 19.7 Å². The van der Waals surface area contributed by atoms with Crippen LogP contribution in [0.1, 0.15) is 32.6 Å². The number of esters is 1. The van der Waals surface area contributed by atoms with Gasteiger partial charge in [-0.3, -0.25) is 9.79 Å². The zero-order valence-corrected chi connectivity index (χ0v) is 16.3. The van der Waals surface area contributed by atoms with Gasteiger partial charge in [0.15, 0.2) is 5.96 Å². The first kappa shape index (κ1) is 21.4. The van der Waals surface area contributed by atoms with Crippen molar-refractivity contribution in [3.05, 3.63) is 0 Å². The molecule has 1 N–H and O–H groups in total. The molecule has 0 bridgehead atoms. The van der Waals surface area contributed by atoms with Crippen LogP contribution in [0.15, 0.2) is 4.99 Å².